The van der Waals surface area contributed by atoms with Crippen LogP contribution in [0.4, 0.5) is 0 Å². The Labute approximate surface area is 160 Å². The molecule has 1 heteroatoms. The van der Waals surface area contributed by atoms with Crippen molar-refractivity contribution < 1.29 is 4.74 Å². The van der Waals surface area contributed by atoms with E-state index in [0.29, 0.717) is 5.92 Å². The zero-order valence-corrected chi connectivity index (χ0v) is 16.9. The van der Waals surface area contributed by atoms with Crippen molar-refractivity contribution in [1.82, 2.24) is 0 Å². The van der Waals surface area contributed by atoms with Crippen molar-refractivity contribution in [2.24, 2.45) is 5.92 Å². The Morgan fingerprint density at radius 1 is 1.04 bits per heavy atom. The zero-order chi connectivity index (χ0) is 18.8. The highest BCUT2D eigenvalue weighted by molar-refractivity contribution is 5.51. The quantitative estimate of drug-likeness (QED) is 0.418. The predicted octanol–water partition coefficient (Wildman–Crippen LogP) is 7.02. The van der Waals surface area contributed by atoms with Gasteiger partial charge < -0.3 is 4.74 Å². The van der Waals surface area contributed by atoms with Gasteiger partial charge in [0, 0.05) is 0 Å². The van der Waals surface area contributed by atoms with Crippen LogP contribution in [0.3, 0.4) is 0 Å². The minimum Gasteiger partial charge on any atom is -0.494 e. The molecule has 2 aromatic carbocycles. The van der Waals surface area contributed by atoms with Gasteiger partial charge >= 0.3 is 0 Å². The maximum absolute atomic E-state index is 5.79. The Kier molecular flexibility index (Phi) is 8.47. The van der Waals surface area contributed by atoms with E-state index in [-0.39, 0.29) is 0 Å². The van der Waals surface area contributed by atoms with Crippen LogP contribution in [-0.2, 0) is 12.8 Å². The summed E-state index contributed by atoms with van der Waals surface area (Å²) in [7, 11) is 0. The van der Waals surface area contributed by atoms with Crippen LogP contribution in [0.25, 0.3) is 6.08 Å². The summed E-state index contributed by atoms with van der Waals surface area (Å²) in [6.07, 6.45) is 10.1. The number of allylic oxidation sites excluding steroid dienone is 1. The molecule has 0 saturated heterocycles. The molecule has 2 rings (SSSR count). The van der Waals surface area contributed by atoms with Crippen LogP contribution in [0.2, 0.25) is 0 Å². The van der Waals surface area contributed by atoms with Crippen LogP contribution >= 0.6 is 0 Å². The summed E-state index contributed by atoms with van der Waals surface area (Å²) in [6, 6.07) is 15.3. The predicted molar refractivity (Wildman–Crippen MR) is 114 cm³/mol. The molecule has 0 heterocycles. The molecule has 0 amide bonds. The SMILES string of the molecule is CCCCOc1cccc(C=CCCc2ccc(C)cc2CC(C)C)c1. The number of benzene rings is 2. The lowest BCUT2D eigenvalue weighted by Crippen LogP contribution is -2.00. The van der Waals surface area contributed by atoms with Crippen molar-refractivity contribution >= 4 is 6.08 Å². The first-order valence-electron chi connectivity index (χ1n) is 10.1. The monoisotopic (exact) mass is 350 g/mol. The molecule has 0 spiro atoms. The number of hydrogen-bond donors (Lipinski definition) is 0. The fraction of sp³-hybridized carbons (Fsp3) is 0.440. The highest BCUT2D eigenvalue weighted by Gasteiger charge is 2.05. The van der Waals surface area contributed by atoms with Gasteiger partial charge in [0.25, 0.3) is 0 Å². The van der Waals surface area contributed by atoms with E-state index in [2.05, 4.69) is 76.2 Å². The van der Waals surface area contributed by atoms with Crippen molar-refractivity contribution in [1.29, 1.82) is 0 Å². The molecule has 0 aromatic heterocycles. The summed E-state index contributed by atoms with van der Waals surface area (Å²) in [5.74, 6) is 1.67. The summed E-state index contributed by atoms with van der Waals surface area (Å²) in [6.45, 7) is 9.76. The maximum Gasteiger partial charge on any atom is 0.119 e. The third kappa shape index (κ3) is 7.07. The van der Waals surface area contributed by atoms with Crippen molar-refractivity contribution in [3.05, 3.63) is 70.8 Å². The van der Waals surface area contributed by atoms with Crippen molar-refractivity contribution in [2.75, 3.05) is 6.61 Å². The molecule has 140 valence electrons. The minimum atomic E-state index is 0.696. The third-order valence-corrected chi connectivity index (χ3v) is 4.51. The van der Waals surface area contributed by atoms with E-state index < -0.39 is 0 Å². The number of aryl methyl sites for hydroxylation is 2. The largest absolute Gasteiger partial charge is 0.494 e. The molecular formula is C25H34O. The van der Waals surface area contributed by atoms with E-state index in [9.17, 15) is 0 Å². The van der Waals surface area contributed by atoms with Gasteiger partial charge in [0.2, 0.25) is 0 Å². The number of unbranched alkanes of at least 4 members (excludes halogenated alkanes) is 1. The number of rotatable bonds is 10. The fourth-order valence-electron chi connectivity index (χ4n) is 3.13. The first kappa shape index (κ1) is 20.3. The molecule has 1 nitrogen and oxygen atoms in total. The summed E-state index contributed by atoms with van der Waals surface area (Å²) >= 11 is 0. The lowest BCUT2D eigenvalue weighted by Gasteiger charge is -2.12. The van der Waals surface area contributed by atoms with Crippen LogP contribution in [0.5, 0.6) is 5.75 Å². The van der Waals surface area contributed by atoms with Crippen LogP contribution < -0.4 is 4.74 Å². The normalized spacial score (nSPS) is 11.4. The topological polar surface area (TPSA) is 9.23 Å². The maximum atomic E-state index is 5.79. The average molecular weight is 351 g/mol. The first-order chi connectivity index (χ1) is 12.6. The van der Waals surface area contributed by atoms with E-state index in [4.69, 9.17) is 4.74 Å². The second-order valence-electron chi connectivity index (χ2n) is 7.59. The number of hydrogen-bond acceptors (Lipinski definition) is 1. The summed E-state index contributed by atoms with van der Waals surface area (Å²) < 4.78 is 5.79. The van der Waals surface area contributed by atoms with Crippen LogP contribution in [0.1, 0.15) is 62.3 Å². The van der Waals surface area contributed by atoms with Crippen molar-refractivity contribution in [3.8, 4) is 5.75 Å². The molecule has 0 aliphatic rings. The lowest BCUT2D eigenvalue weighted by atomic mass is 9.94. The molecule has 0 aliphatic carbocycles. The lowest BCUT2D eigenvalue weighted by molar-refractivity contribution is 0.309. The molecule has 0 aliphatic heterocycles. The second kappa shape index (κ2) is 10.9. The van der Waals surface area contributed by atoms with E-state index in [1.807, 2.05) is 6.07 Å². The Morgan fingerprint density at radius 3 is 2.65 bits per heavy atom. The zero-order valence-electron chi connectivity index (χ0n) is 16.9. The van der Waals surface area contributed by atoms with Crippen LogP contribution in [0.15, 0.2) is 48.5 Å². The van der Waals surface area contributed by atoms with Crippen molar-refractivity contribution in [3.63, 3.8) is 0 Å². The Morgan fingerprint density at radius 2 is 1.88 bits per heavy atom. The molecule has 0 saturated carbocycles. The Hall–Kier alpha value is -2.02. The molecule has 0 N–H and O–H groups in total. The van der Waals surface area contributed by atoms with Crippen LogP contribution in [0, 0.1) is 12.8 Å². The van der Waals surface area contributed by atoms with Gasteiger partial charge in [0.05, 0.1) is 6.61 Å². The third-order valence-electron chi connectivity index (χ3n) is 4.51. The first-order valence-corrected chi connectivity index (χ1v) is 10.1. The fourth-order valence-corrected chi connectivity index (χ4v) is 3.13. The Bertz CT molecular complexity index is 697. The summed E-state index contributed by atoms with van der Waals surface area (Å²) in [5.41, 5.74) is 5.58. The van der Waals surface area contributed by atoms with Gasteiger partial charge in [-0.25, -0.2) is 0 Å². The molecule has 0 atom stereocenters. The van der Waals surface area contributed by atoms with Gasteiger partial charge in [-0.05, 0) is 67.3 Å². The van der Waals surface area contributed by atoms with Gasteiger partial charge in [-0.2, -0.15) is 0 Å². The molecule has 0 fully saturated rings. The highest BCUT2D eigenvalue weighted by Crippen LogP contribution is 2.19. The Balaban J connectivity index is 1.92. The average Bonchev–Trinajstić information content (AvgIpc) is 2.60. The van der Waals surface area contributed by atoms with E-state index in [1.165, 1.54) is 22.3 Å². The van der Waals surface area contributed by atoms with Gasteiger partial charge in [-0.3, -0.25) is 0 Å². The minimum absolute atomic E-state index is 0.696. The van der Waals surface area contributed by atoms with Gasteiger partial charge in [-0.15, -0.1) is 0 Å². The van der Waals surface area contributed by atoms with E-state index in [0.717, 1.165) is 44.5 Å². The smallest absolute Gasteiger partial charge is 0.119 e. The summed E-state index contributed by atoms with van der Waals surface area (Å²) in [4.78, 5) is 0. The molecular weight excluding hydrogens is 316 g/mol. The van der Waals surface area contributed by atoms with Gasteiger partial charge in [0.1, 0.15) is 5.75 Å². The van der Waals surface area contributed by atoms with E-state index in [1.54, 1.807) is 0 Å². The van der Waals surface area contributed by atoms with Gasteiger partial charge in [0.15, 0.2) is 0 Å². The molecule has 26 heavy (non-hydrogen) atoms. The molecule has 0 radical (unpaired) electrons. The van der Waals surface area contributed by atoms with Crippen molar-refractivity contribution in [2.45, 2.75) is 59.8 Å². The van der Waals surface area contributed by atoms with E-state index >= 15 is 0 Å². The standard InChI is InChI=1S/C25H34O/c1-5-6-16-26-25-13-9-11-22(19-25)10-7-8-12-23-15-14-21(4)18-24(23)17-20(2)3/h7,9-11,13-15,18-20H,5-6,8,12,16-17H2,1-4H3. The second-order valence-corrected chi connectivity index (χ2v) is 7.59. The molecule has 0 bridgehead atoms. The molecule has 0 unspecified atom stereocenters. The van der Waals surface area contributed by atoms with Crippen LogP contribution in [-0.4, -0.2) is 6.61 Å². The van der Waals surface area contributed by atoms with Gasteiger partial charge in [-0.1, -0.05) is 75.2 Å². The highest BCUT2D eigenvalue weighted by atomic mass is 16.5. The molecule has 2 aromatic rings. The summed E-state index contributed by atoms with van der Waals surface area (Å²) in [5, 5.41) is 0. The number of ether oxygens (including phenoxy) is 1.